The quantitative estimate of drug-likeness (QED) is 0.509. The maximum Gasteiger partial charge on any atom is 0.313 e. The monoisotopic (exact) mass is 282 g/mol. The third kappa shape index (κ3) is 4.43. The zero-order valence-corrected chi connectivity index (χ0v) is 11.4. The normalized spacial score (nSPS) is 9.75. The van der Waals surface area contributed by atoms with Crippen molar-refractivity contribution in [3.05, 3.63) is 18.2 Å². The van der Waals surface area contributed by atoms with E-state index in [1.165, 1.54) is 14.2 Å². The van der Waals surface area contributed by atoms with Gasteiger partial charge in [-0.05, 0) is 18.6 Å². The summed E-state index contributed by atoms with van der Waals surface area (Å²) in [5.74, 6) is -0.637. The van der Waals surface area contributed by atoms with Gasteiger partial charge >= 0.3 is 11.8 Å². The fourth-order valence-corrected chi connectivity index (χ4v) is 1.45. The van der Waals surface area contributed by atoms with Crippen molar-refractivity contribution in [2.45, 2.75) is 6.42 Å². The van der Waals surface area contributed by atoms with Gasteiger partial charge < -0.3 is 25.2 Å². The van der Waals surface area contributed by atoms with Gasteiger partial charge in [0.05, 0.1) is 19.9 Å². The molecule has 0 fully saturated rings. The van der Waals surface area contributed by atoms with Gasteiger partial charge in [-0.1, -0.05) is 0 Å². The molecule has 1 rings (SSSR count). The number of ether oxygens (including phenoxy) is 2. The number of hydrogen-bond donors (Lipinski definition) is 3. The second kappa shape index (κ2) is 8.00. The minimum atomic E-state index is -0.811. The molecule has 0 bridgehead atoms. The van der Waals surface area contributed by atoms with Crippen LogP contribution in [0.1, 0.15) is 6.42 Å². The van der Waals surface area contributed by atoms with Crippen LogP contribution in [-0.4, -0.2) is 44.3 Å². The topological polar surface area (TPSA) is 96.9 Å². The van der Waals surface area contributed by atoms with E-state index in [1.807, 2.05) is 0 Å². The molecule has 0 aromatic heterocycles. The van der Waals surface area contributed by atoms with E-state index in [9.17, 15) is 9.59 Å². The maximum absolute atomic E-state index is 11.7. The second-order valence-corrected chi connectivity index (χ2v) is 3.85. The third-order valence-electron chi connectivity index (χ3n) is 2.48. The first-order valence-corrected chi connectivity index (χ1v) is 6.04. The minimum Gasteiger partial charge on any atom is -0.497 e. The zero-order chi connectivity index (χ0) is 15.0. The van der Waals surface area contributed by atoms with E-state index in [1.54, 1.807) is 18.2 Å². The highest BCUT2D eigenvalue weighted by Crippen LogP contribution is 2.28. The first-order valence-electron chi connectivity index (χ1n) is 6.04. The van der Waals surface area contributed by atoms with Crippen LogP contribution in [0.4, 0.5) is 5.69 Å². The Morgan fingerprint density at radius 2 is 1.95 bits per heavy atom. The number of hydrogen-bond acceptors (Lipinski definition) is 5. The van der Waals surface area contributed by atoms with Crippen molar-refractivity contribution in [1.82, 2.24) is 5.32 Å². The van der Waals surface area contributed by atoms with Crippen molar-refractivity contribution in [2.75, 3.05) is 32.7 Å². The molecule has 0 saturated heterocycles. The lowest BCUT2D eigenvalue weighted by Crippen LogP contribution is -2.36. The number of carbonyl (C=O) groups excluding carboxylic acids is 2. The number of rotatable bonds is 6. The standard InChI is InChI=1S/C13H18N2O5/c1-19-9-4-5-11(20-2)10(8-9)15-13(18)12(17)14-6-3-7-16/h4-5,8,16H,3,6-7H2,1-2H3,(H,14,17)(H,15,18). The maximum atomic E-state index is 11.7. The SMILES string of the molecule is COc1ccc(OC)c(NC(=O)C(=O)NCCCO)c1. The van der Waals surface area contributed by atoms with Crippen LogP contribution in [0.5, 0.6) is 11.5 Å². The van der Waals surface area contributed by atoms with E-state index in [4.69, 9.17) is 14.6 Å². The molecule has 0 saturated carbocycles. The highest BCUT2D eigenvalue weighted by molar-refractivity contribution is 6.39. The van der Waals surface area contributed by atoms with E-state index >= 15 is 0 Å². The average Bonchev–Trinajstić information content (AvgIpc) is 2.47. The summed E-state index contributed by atoms with van der Waals surface area (Å²) in [5.41, 5.74) is 0.342. The van der Waals surface area contributed by atoms with Crippen LogP contribution in [0.2, 0.25) is 0 Å². The summed E-state index contributed by atoms with van der Waals surface area (Å²) in [7, 11) is 2.95. The predicted octanol–water partition coefficient (Wildman–Crippen LogP) is 0.141. The second-order valence-electron chi connectivity index (χ2n) is 3.85. The van der Waals surface area contributed by atoms with Gasteiger partial charge in [0, 0.05) is 19.2 Å². The molecule has 1 aromatic rings. The summed E-state index contributed by atoms with van der Waals surface area (Å²) in [5, 5.41) is 13.4. The van der Waals surface area contributed by atoms with Crippen LogP contribution in [0.25, 0.3) is 0 Å². The highest BCUT2D eigenvalue weighted by atomic mass is 16.5. The van der Waals surface area contributed by atoms with E-state index in [2.05, 4.69) is 10.6 Å². The lowest BCUT2D eigenvalue weighted by atomic mass is 10.2. The molecule has 0 atom stereocenters. The van der Waals surface area contributed by atoms with Crippen LogP contribution < -0.4 is 20.1 Å². The number of aliphatic hydroxyl groups is 1. The Morgan fingerprint density at radius 1 is 1.20 bits per heavy atom. The molecule has 7 heteroatoms. The van der Waals surface area contributed by atoms with Gasteiger partial charge in [0.2, 0.25) is 0 Å². The van der Waals surface area contributed by atoms with Crippen molar-refractivity contribution in [3.8, 4) is 11.5 Å². The van der Waals surface area contributed by atoms with Gasteiger partial charge in [0.1, 0.15) is 11.5 Å². The Balaban J connectivity index is 2.71. The summed E-state index contributed by atoms with van der Waals surface area (Å²) in [6.45, 7) is 0.184. The van der Waals surface area contributed by atoms with Crippen LogP contribution in [0, 0.1) is 0 Å². The molecule has 0 aliphatic heterocycles. The molecule has 2 amide bonds. The predicted molar refractivity (Wildman–Crippen MR) is 72.9 cm³/mol. The van der Waals surface area contributed by atoms with Gasteiger partial charge in [-0.25, -0.2) is 0 Å². The van der Waals surface area contributed by atoms with Crippen molar-refractivity contribution in [3.63, 3.8) is 0 Å². The number of anilines is 1. The lowest BCUT2D eigenvalue weighted by molar-refractivity contribution is -0.136. The summed E-state index contributed by atoms with van der Waals surface area (Å²) in [4.78, 5) is 23.2. The van der Waals surface area contributed by atoms with E-state index in [-0.39, 0.29) is 13.2 Å². The minimum absolute atomic E-state index is 0.0500. The Kier molecular flexibility index (Phi) is 6.31. The van der Waals surface area contributed by atoms with Crippen molar-refractivity contribution in [2.24, 2.45) is 0 Å². The Morgan fingerprint density at radius 3 is 2.55 bits per heavy atom. The molecule has 0 spiro atoms. The molecule has 7 nitrogen and oxygen atoms in total. The van der Waals surface area contributed by atoms with Crippen LogP contribution in [0.15, 0.2) is 18.2 Å². The molecule has 110 valence electrons. The first-order chi connectivity index (χ1) is 9.62. The number of nitrogens with one attached hydrogen (secondary N) is 2. The number of methoxy groups -OCH3 is 2. The number of aliphatic hydroxyl groups excluding tert-OH is 1. The fourth-order valence-electron chi connectivity index (χ4n) is 1.45. The Labute approximate surface area is 116 Å². The molecule has 0 aliphatic carbocycles. The van der Waals surface area contributed by atoms with Crippen molar-refractivity contribution >= 4 is 17.5 Å². The highest BCUT2D eigenvalue weighted by Gasteiger charge is 2.15. The lowest BCUT2D eigenvalue weighted by Gasteiger charge is -2.11. The molecule has 0 unspecified atom stereocenters. The number of amides is 2. The molecular weight excluding hydrogens is 264 g/mol. The van der Waals surface area contributed by atoms with Gasteiger partial charge in [0.25, 0.3) is 0 Å². The Hall–Kier alpha value is -2.28. The first kappa shape index (κ1) is 15.8. The Bertz CT molecular complexity index is 476. The largest absolute Gasteiger partial charge is 0.497 e. The molecule has 20 heavy (non-hydrogen) atoms. The number of carbonyl (C=O) groups is 2. The smallest absolute Gasteiger partial charge is 0.313 e. The molecule has 3 N–H and O–H groups in total. The van der Waals surface area contributed by atoms with Crippen LogP contribution >= 0.6 is 0 Å². The van der Waals surface area contributed by atoms with Crippen molar-refractivity contribution in [1.29, 1.82) is 0 Å². The average molecular weight is 282 g/mol. The third-order valence-corrected chi connectivity index (χ3v) is 2.48. The van der Waals surface area contributed by atoms with Gasteiger partial charge in [0.15, 0.2) is 0 Å². The van der Waals surface area contributed by atoms with Crippen molar-refractivity contribution < 1.29 is 24.2 Å². The van der Waals surface area contributed by atoms with E-state index < -0.39 is 11.8 Å². The molecule has 0 radical (unpaired) electrons. The molecule has 1 aromatic carbocycles. The number of benzene rings is 1. The summed E-state index contributed by atoms with van der Waals surface area (Å²) < 4.78 is 10.1. The summed E-state index contributed by atoms with van der Waals surface area (Å²) in [6, 6.07) is 4.85. The van der Waals surface area contributed by atoms with Gasteiger partial charge in [-0.2, -0.15) is 0 Å². The van der Waals surface area contributed by atoms with Crippen LogP contribution in [-0.2, 0) is 9.59 Å². The zero-order valence-electron chi connectivity index (χ0n) is 11.4. The molecule has 0 heterocycles. The fraction of sp³-hybridized carbons (Fsp3) is 0.385. The van der Waals surface area contributed by atoms with Gasteiger partial charge in [-0.15, -0.1) is 0 Å². The molecular formula is C13H18N2O5. The summed E-state index contributed by atoms with van der Waals surface area (Å²) >= 11 is 0. The van der Waals surface area contributed by atoms with E-state index in [0.717, 1.165) is 0 Å². The van der Waals surface area contributed by atoms with E-state index in [0.29, 0.717) is 23.6 Å². The summed E-state index contributed by atoms with van der Waals surface area (Å²) in [6.07, 6.45) is 0.390. The van der Waals surface area contributed by atoms with Crippen LogP contribution in [0.3, 0.4) is 0 Å². The van der Waals surface area contributed by atoms with Gasteiger partial charge in [-0.3, -0.25) is 9.59 Å². The molecule has 0 aliphatic rings.